The first-order valence-electron chi connectivity index (χ1n) is 6.87. The van der Waals surface area contributed by atoms with Crippen molar-refractivity contribution < 1.29 is 0 Å². The van der Waals surface area contributed by atoms with Crippen molar-refractivity contribution in [3.05, 3.63) is 60.2 Å². The molecular formula is C17H15N3S. The quantitative estimate of drug-likeness (QED) is 0.670. The molecule has 0 bridgehead atoms. The molecule has 0 aliphatic carbocycles. The van der Waals surface area contributed by atoms with Crippen LogP contribution < -0.4 is 0 Å². The van der Waals surface area contributed by atoms with Crippen LogP contribution in [0.2, 0.25) is 0 Å². The first kappa shape index (κ1) is 13.7. The van der Waals surface area contributed by atoms with Crippen LogP contribution in [0.25, 0.3) is 11.0 Å². The Morgan fingerprint density at radius 1 is 1.05 bits per heavy atom. The van der Waals surface area contributed by atoms with E-state index < -0.39 is 0 Å². The van der Waals surface area contributed by atoms with Gasteiger partial charge in [0.2, 0.25) is 0 Å². The monoisotopic (exact) mass is 293 g/mol. The van der Waals surface area contributed by atoms with Gasteiger partial charge in [0.1, 0.15) is 0 Å². The highest BCUT2D eigenvalue weighted by molar-refractivity contribution is 7.99. The van der Waals surface area contributed by atoms with Gasteiger partial charge in [0, 0.05) is 6.54 Å². The molecule has 0 aliphatic rings. The summed E-state index contributed by atoms with van der Waals surface area (Å²) in [4.78, 5) is 4.64. The van der Waals surface area contributed by atoms with Crippen molar-refractivity contribution in [2.24, 2.45) is 0 Å². The summed E-state index contributed by atoms with van der Waals surface area (Å²) in [5.41, 5.74) is 3.44. The SMILES string of the molecule is N#CCSc1nc2ccccc2n1CCc1ccccc1. The van der Waals surface area contributed by atoms with Crippen molar-refractivity contribution in [1.29, 1.82) is 5.26 Å². The summed E-state index contributed by atoms with van der Waals surface area (Å²) < 4.78 is 2.21. The number of fused-ring (bicyclic) bond motifs is 1. The molecule has 0 amide bonds. The molecule has 1 aromatic heterocycles. The van der Waals surface area contributed by atoms with Gasteiger partial charge >= 0.3 is 0 Å². The minimum atomic E-state index is 0.425. The summed E-state index contributed by atoms with van der Waals surface area (Å²) in [6, 6.07) is 20.7. The van der Waals surface area contributed by atoms with Crippen molar-refractivity contribution in [1.82, 2.24) is 9.55 Å². The fraction of sp³-hybridized carbons (Fsp3) is 0.176. The van der Waals surface area contributed by atoms with Gasteiger partial charge in [-0.3, -0.25) is 0 Å². The zero-order valence-electron chi connectivity index (χ0n) is 11.6. The molecule has 0 atom stereocenters. The van der Waals surface area contributed by atoms with Gasteiger partial charge in [-0.15, -0.1) is 0 Å². The molecule has 1 heterocycles. The Morgan fingerprint density at radius 2 is 1.81 bits per heavy atom. The van der Waals surface area contributed by atoms with E-state index in [0.717, 1.165) is 29.2 Å². The topological polar surface area (TPSA) is 41.6 Å². The normalized spacial score (nSPS) is 10.6. The summed E-state index contributed by atoms with van der Waals surface area (Å²) in [6.45, 7) is 0.873. The third-order valence-corrected chi connectivity index (χ3v) is 4.20. The minimum Gasteiger partial charge on any atom is -0.319 e. The van der Waals surface area contributed by atoms with E-state index in [4.69, 9.17) is 5.26 Å². The number of hydrogen-bond acceptors (Lipinski definition) is 3. The second-order valence-electron chi connectivity index (χ2n) is 4.72. The second-order valence-corrected chi connectivity index (χ2v) is 5.66. The third-order valence-electron chi connectivity index (χ3n) is 3.35. The lowest BCUT2D eigenvalue weighted by molar-refractivity contribution is 0.652. The number of para-hydroxylation sites is 2. The molecule has 0 radical (unpaired) electrons. The van der Waals surface area contributed by atoms with E-state index in [1.165, 1.54) is 17.3 Å². The molecule has 104 valence electrons. The highest BCUT2D eigenvalue weighted by Crippen LogP contribution is 2.24. The van der Waals surface area contributed by atoms with Crippen LogP contribution in [0.1, 0.15) is 5.56 Å². The Bertz CT molecular complexity index is 772. The number of imidazole rings is 1. The number of nitrogens with zero attached hydrogens (tertiary/aromatic N) is 3. The smallest absolute Gasteiger partial charge is 0.170 e. The van der Waals surface area contributed by atoms with E-state index in [1.54, 1.807) is 0 Å². The molecule has 0 saturated heterocycles. The first-order valence-corrected chi connectivity index (χ1v) is 7.86. The molecule has 4 heteroatoms. The predicted molar refractivity (Wildman–Crippen MR) is 86.2 cm³/mol. The lowest BCUT2D eigenvalue weighted by Crippen LogP contribution is -2.03. The molecule has 3 aromatic rings. The van der Waals surface area contributed by atoms with Gasteiger partial charge in [0.05, 0.1) is 22.9 Å². The summed E-state index contributed by atoms with van der Waals surface area (Å²) in [5, 5.41) is 9.72. The van der Waals surface area contributed by atoms with E-state index in [2.05, 4.69) is 46.0 Å². The number of benzene rings is 2. The molecule has 21 heavy (non-hydrogen) atoms. The average molecular weight is 293 g/mol. The maximum absolute atomic E-state index is 8.79. The number of aryl methyl sites for hydroxylation is 2. The Balaban J connectivity index is 1.89. The summed E-state index contributed by atoms with van der Waals surface area (Å²) in [6.07, 6.45) is 0.960. The number of nitriles is 1. The van der Waals surface area contributed by atoms with Gasteiger partial charge in [-0.25, -0.2) is 4.98 Å². The lowest BCUT2D eigenvalue weighted by atomic mass is 10.1. The molecule has 0 fully saturated rings. The van der Waals surface area contributed by atoms with Crippen molar-refractivity contribution in [2.45, 2.75) is 18.1 Å². The molecule has 2 aromatic carbocycles. The molecular weight excluding hydrogens is 278 g/mol. The van der Waals surface area contributed by atoms with Crippen LogP contribution in [-0.4, -0.2) is 15.3 Å². The zero-order valence-corrected chi connectivity index (χ0v) is 12.4. The Labute approximate surface area is 128 Å². The third kappa shape index (κ3) is 3.09. The van der Waals surface area contributed by atoms with Crippen LogP contribution in [0.5, 0.6) is 0 Å². The zero-order chi connectivity index (χ0) is 14.5. The molecule has 3 rings (SSSR count). The lowest BCUT2D eigenvalue weighted by Gasteiger charge is -2.08. The molecule has 3 nitrogen and oxygen atoms in total. The van der Waals surface area contributed by atoms with Gasteiger partial charge in [0.15, 0.2) is 5.16 Å². The van der Waals surface area contributed by atoms with Gasteiger partial charge in [-0.1, -0.05) is 54.2 Å². The van der Waals surface area contributed by atoms with Crippen molar-refractivity contribution in [3.8, 4) is 6.07 Å². The largest absolute Gasteiger partial charge is 0.319 e. The van der Waals surface area contributed by atoms with E-state index in [0.29, 0.717) is 5.75 Å². The van der Waals surface area contributed by atoms with Gasteiger partial charge in [-0.2, -0.15) is 5.26 Å². The van der Waals surface area contributed by atoms with Gasteiger partial charge < -0.3 is 4.57 Å². The van der Waals surface area contributed by atoms with Crippen LogP contribution in [-0.2, 0) is 13.0 Å². The Morgan fingerprint density at radius 3 is 2.62 bits per heavy atom. The fourth-order valence-corrected chi connectivity index (χ4v) is 3.06. The standard InChI is InChI=1S/C17H15N3S/c18-11-13-21-17-19-15-8-4-5-9-16(15)20(17)12-10-14-6-2-1-3-7-14/h1-9H,10,12-13H2. The number of hydrogen-bond donors (Lipinski definition) is 0. The maximum atomic E-state index is 8.79. The molecule has 0 N–H and O–H groups in total. The van der Waals surface area contributed by atoms with E-state index in [9.17, 15) is 0 Å². The molecule has 0 aliphatic heterocycles. The highest BCUT2D eigenvalue weighted by Gasteiger charge is 2.10. The second kappa shape index (κ2) is 6.47. The van der Waals surface area contributed by atoms with E-state index in [-0.39, 0.29) is 0 Å². The summed E-state index contributed by atoms with van der Waals surface area (Å²) in [7, 11) is 0. The minimum absolute atomic E-state index is 0.425. The van der Waals surface area contributed by atoms with Crippen LogP contribution in [0.4, 0.5) is 0 Å². The van der Waals surface area contributed by atoms with E-state index >= 15 is 0 Å². The van der Waals surface area contributed by atoms with Gasteiger partial charge in [0.25, 0.3) is 0 Å². The van der Waals surface area contributed by atoms with Crippen molar-refractivity contribution >= 4 is 22.8 Å². The van der Waals surface area contributed by atoms with Crippen LogP contribution >= 0.6 is 11.8 Å². The summed E-state index contributed by atoms with van der Waals surface area (Å²) >= 11 is 1.50. The fourth-order valence-electron chi connectivity index (χ4n) is 2.36. The van der Waals surface area contributed by atoms with Crippen molar-refractivity contribution in [2.75, 3.05) is 5.75 Å². The summed E-state index contributed by atoms with van der Waals surface area (Å²) in [5.74, 6) is 0.425. The van der Waals surface area contributed by atoms with Crippen molar-refractivity contribution in [3.63, 3.8) is 0 Å². The number of rotatable bonds is 5. The number of thioether (sulfide) groups is 1. The highest BCUT2D eigenvalue weighted by atomic mass is 32.2. The van der Waals surface area contributed by atoms with Crippen LogP contribution in [0, 0.1) is 11.3 Å². The Kier molecular flexibility index (Phi) is 4.23. The molecule has 0 saturated carbocycles. The first-order chi connectivity index (χ1) is 10.4. The number of aromatic nitrogens is 2. The predicted octanol–water partition coefficient (Wildman–Crippen LogP) is 3.89. The van der Waals surface area contributed by atoms with E-state index in [1.807, 2.05) is 24.3 Å². The van der Waals surface area contributed by atoms with Crippen LogP contribution in [0.15, 0.2) is 59.8 Å². The average Bonchev–Trinajstić information content (AvgIpc) is 2.89. The molecule has 0 spiro atoms. The maximum Gasteiger partial charge on any atom is 0.170 e. The molecule has 0 unspecified atom stereocenters. The van der Waals surface area contributed by atoms with Gasteiger partial charge in [-0.05, 0) is 24.1 Å². The Hall–Kier alpha value is -2.25. The van der Waals surface area contributed by atoms with Crippen LogP contribution in [0.3, 0.4) is 0 Å².